The van der Waals surface area contributed by atoms with Gasteiger partial charge in [0.05, 0.1) is 0 Å². The van der Waals surface area contributed by atoms with Crippen molar-refractivity contribution in [2.45, 2.75) is 13.0 Å². The van der Waals surface area contributed by atoms with E-state index in [2.05, 4.69) is 0 Å². The van der Waals surface area contributed by atoms with Crippen LogP contribution in [0.25, 0.3) is 0 Å². The molecular weight excluding hydrogens is 229 g/mol. The van der Waals surface area contributed by atoms with Gasteiger partial charge in [0.15, 0.2) is 0 Å². The summed E-state index contributed by atoms with van der Waals surface area (Å²) in [5.41, 5.74) is 7.38. The number of hydrogen-bond donors (Lipinski definition) is 1. The molecule has 2 aromatic carbocycles. The summed E-state index contributed by atoms with van der Waals surface area (Å²) in [7, 11) is 0. The molecule has 0 spiro atoms. The number of nitrogens with two attached hydrogens (primary N) is 1. The maximum atomic E-state index is 13.4. The fraction of sp³-hybridized carbons (Fsp3) is 0.200. The Labute approximate surface area is 106 Å². The van der Waals surface area contributed by atoms with Gasteiger partial charge in [0.2, 0.25) is 0 Å². The molecule has 2 nitrogen and oxygen atoms in total. The van der Waals surface area contributed by atoms with E-state index in [1.54, 1.807) is 0 Å². The average molecular weight is 245 g/mol. The first kappa shape index (κ1) is 12.6. The van der Waals surface area contributed by atoms with Crippen LogP contribution >= 0.6 is 0 Å². The largest absolute Gasteiger partial charge is 0.489 e. The summed E-state index contributed by atoms with van der Waals surface area (Å²) in [5.74, 6) is 0.256. The minimum absolute atomic E-state index is 0.288. The van der Waals surface area contributed by atoms with E-state index in [0.717, 1.165) is 11.1 Å². The minimum atomic E-state index is -0.288. The number of hydrogen-bond acceptors (Lipinski definition) is 2. The van der Waals surface area contributed by atoms with E-state index < -0.39 is 0 Å². The quantitative estimate of drug-likeness (QED) is 0.879. The highest BCUT2D eigenvalue weighted by atomic mass is 19.1. The van der Waals surface area contributed by atoms with Gasteiger partial charge in [-0.1, -0.05) is 30.3 Å². The van der Waals surface area contributed by atoms with Gasteiger partial charge in [-0.2, -0.15) is 0 Å². The molecule has 0 aliphatic carbocycles. The van der Waals surface area contributed by atoms with Gasteiger partial charge in [0.25, 0.3) is 0 Å². The van der Waals surface area contributed by atoms with Gasteiger partial charge in [-0.05, 0) is 36.2 Å². The zero-order valence-corrected chi connectivity index (χ0v) is 10.1. The summed E-state index contributed by atoms with van der Waals surface area (Å²) in [6.07, 6.45) is 0.652. The normalized spacial score (nSPS) is 10.3. The summed E-state index contributed by atoms with van der Waals surface area (Å²) in [4.78, 5) is 0. The fourth-order valence-corrected chi connectivity index (χ4v) is 1.76. The Hall–Kier alpha value is -1.87. The van der Waals surface area contributed by atoms with E-state index >= 15 is 0 Å². The summed E-state index contributed by atoms with van der Waals surface area (Å²) in [6, 6.07) is 14.5. The Balaban J connectivity index is 2.05. The smallest absolute Gasteiger partial charge is 0.127 e. The van der Waals surface area contributed by atoms with Crippen molar-refractivity contribution in [3.63, 3.8) is 0 Å². The molecule has 3 heteroatoms. The Morgan fingerprint density at radius 2 is 1.78 bits per heavy atom. The van der Waals surface area contributed by atoms with Crippen LogP contribution in [0, 0.1) is 5.82 Å². The number of ether oxygens (including phenoxy) is 1. The number of halogens is 1. The van der Waals surface area contributed by atoms with Gasteiger partial charge >= 0.3 is 0 Å². The molecule has 0 amide bonds. The molecule has 0 saturated carbocycles. The predicted molar refractivity (Wildman–Crippen MR) is 69.9 cm³/mol. The molecule has 0 aliphatic heterocycles. The monoisotopic (exact) mass is 245 g/mol. The topological polar surface area (TPSA) is 35.2 Å². The molecule has 0 aromatic heterocycles. The lowest BCUT2D eigenvalue weighted by atomic mass is 10.1. The molecule has 0 atom stereocenters. The summed E-state index contributed by atoms with van der Waals surface area (Å²) < 4.78 is 18.9. The van der Waals surface area contributed by atoms with Crippen LogP contribution in [0.3, 0.4) is 0 Å². The van der Waals surface area contributed by atoms with Crippen LogP contribution in [0.15, 0.2) is 48.5 Å². The zero-order valence-electron chi connectivity index (χ0n) is 10.1. The van der Waals surface area contributed by atoms with Crippen molar-refractivity contribution < 1.29 is 9.13 Å². The van der Waals surface area contributed by atoms with Crippen molar-refractivity contribution in [2.24, 2.45) is 5.73 Å². The predicted octanol–water partition coefficient (Wildman–Crippen LogP) is 2.91. The van der Waals surface area contributed by atoms with Crippen LogP contribution in [-0.2, 0) is 13.0 Å². The van der Waals surface area contributed by atoms with E-state index in [4.69, 9.17) is 10.5 Å². The Morgan fingerprint density at radius 3 is 2.50 bits per heavy atom. The summed E-state index contributed by atoms with van der Waals surface area (Å²) in [6.45, 7) is 0.938. The second kappa shape index (κ2) is 6.17. The SMILES string of the molecule is NCCc1cc(F)cc(OCc2ccccc2)c1. The van der Waals surface area contributed by atoms with Crippen molar-refractivity contribution in [3.8, 4) is 5.75 Å². The lowest BCUT2D eigenvalue weighted by Crippen LogP contribution is -2.03. The highest BCUT2D eigenvalue weighted by molar-refractivity contribution is 5.30. The molecule has 0 bridgehead atoms. The number of benzene rings is 2. The van der Waals surface area contributed by atoms with E-state index in [0.29, 0.717) is 25.3 Å². The molecule has 2 rings (SSSR count). The first-order chi connectivity index (χ1) is 8.78. The molecular formula is C15H16FNO. The van der Waals surface area contributed by atoms with Crippen molar-refractivity contribution in [3.05, 3.63) is 65.5 Å². The van der Waals surface area contributed by atoms with Crippen LogP contribution in [0.4, 0.5) is 4.39 Å². The third kappa shape index (κ3) is 3.57. The van der Waals surface area contributed by atoms with Crippen LogP contribution in [0.2, 0.25) is 0 Å². The Bertz CT molecular complexity index is 499. The van der Waals surface area contributed by atoms with E-state index in [9.17, 15) is 4.39 Å². The minimum Gasteiger partial charge on any atom is -0.489 e. The van der Waals surface area contributed by atoms with Crippen molar-refractivity contribution in [1.82, 2.24) is 0 Å². The van der Waals surface area contributed by atoms with Crippen LogP contribution in [0.5, 0.6) is 5.75 Å². The van der Waals surface area contributed by atoms with Gasteiger partial charge in [-0.3, -0.25) is 0 Å². The second-order valence-corrected chi connectivity index (χ2v) is 4.11. The molecule has 18 heavy (non-hydrogen) atoms. The third-order valence-electron chi connectivity index (χ3n) is 2.61. The van der Waals surface area contributed by atoms with E-state index in [1.807, 2.05) is 36.4 Å². The maximum absolute atomic E-state index is 13.4. The Kier molecular flexibility index (Phi) is 4.31. The highest BCUT2D eigenvalue weighted by Gasteiger charge is 2.02. The molecule has 2 aromatic rings. The number of rotatable bonds is 5. The molecule has 0 aliphatic rings. The Morgan fingerprint density at radius 1 is 1.00 bits per heavy atom. The first-order valence-corrected chi connectivity index (χ1v) is 5.94. The van der Waals surface area contributed by atoms with Gasteiger partial charge in [0, 0.05) is 6.07 Å². The second-order valence-electron chi connectivity index (χ2n) is 4.11. The fourth-order valence-electron chi connectivity index (χ4n) is 1.76. The van der Waals surface area contributed by atoms with Crippen LogP contribution in [-0.4, -0.2) is 6.54 Å². The summed E-state index contributed by atoms with van der Waals surface area (Å²) in [5, 5.41) is 0. The molecule has 0 radical (unpaired) electrons. The molecule has 94 valence electrons. The molecule has 0 fully saturated rings. The lowest BCUT2D eigenvalue weighted by molar-refractivity contribution is 0.304. The van der Waals surface area contributed by atoms with E-state index in [1.165, 1.54) is 12.1 Å². The van der Waals surface area contributed by atoms with Gasteiger partial charge in [0.1, 0.15) is 18.2 Å². The average Bonchev–Trinajstić information content (AvgIpc) is 2.37. The third-order valence-corrected chi connectivity index (χ3v) is 2.61. The maximum Gasteiger partial charge on any atom is 0.127 e. The standard InChI is InChI=1S/C15H16FNO/c16-14-8-13(6-7-17)9-15(10-14)18-11-12-4-2-1-3-5-12/h1-5,8-10H,6-7,11,17H2. The molecule has 0 heterocycles. The summed E-state index contributed by atoms with van der Waals surface area (Å²) >= 11 is 0. The van der Waals surface area contributed by atoms with Crippen molar-refractivity contribution >= 4 is 0 Å². The van der Waals surface area contributed by atoms with E-state index in [-0.39, 0.29) is 5.82 Å². The zero-order chi connectivity index (χ0) is 12.8. The van der Waals surface area contributed by atoms with Gasteiger partial charge in [-0.25, -0.2) is 4.39 Å². The first-order valence-electron chi connectivity index (χ1n) is 5.94. The molecule has 0 unspecified atom stereocenters. The molecule has 0 saturated heterocycles. The van der Waals surface area contributed by atoms with Gasteiger partial charge < -0.3 is 10.5 Å². The van der Waals surface area contributed by atoms with Crippen molar-refractivity contribution in [2.75, 3.05) is 6.54 Å². The highest BCUT2D eigenvalue weighted by Crippen LogP contribution is 2.18. The van der Waals surface area contributed by atoms with Crippen LogP contribution in [0.1, 0.15) is 11.1 Å². The van der Waals surface area contributed by atoms with Gasteiger partial charge in [-0.15, -0.1) is 0 Å². The van der Waals surface area contributed by atoms with Crippen LogP contribution < -0.4 is 10.5 Å². The van der Waals surface area contributed by atoms with Crippen molar-refractivity contribution in [1.29, 1.82) is 0 Å². The molecule has 2 N–H and O–H groups in total. The lowest BCUT2D eigenvalue weighted by Gasteiger charge is -2.08.